The van der Waals surface area contributed by atoms with Gasteiger partial charge in [-0.15, -0.1) is 0 Å². The Bertz CT molecular complexity index is 1770. The molecule has 5 N–H and O–H groups in total. The lowest BCUT2D eigenvalue weighted by atomic mass is 9.61. The Balaban J connectivity index is 0.943. The van der Waals surface area contributed by atoms with E-state index in [1.165, 1.54) is 12.0 Å². The van der Waals surface area contributed by atoms with Crippen LogP contribution < -0.4 is 11.4 Å². The normalized spacial score (nSPS) is 34.1. The lowest BCUT2D eigenvalue weighted by Crippen LogP contribution is -2.42. The van der Waals surface area contributed by atoms with E-state index in [4.69, 9.17) is 19.9 Å². The highest BCUT2D eigenvalue weighted by molar-refractivity contribution is 5.71. The minimum atomic E-state index is -3.87. The summed E-state index contributed by atoms with van der Waals surface area (Å²) in [5.74, 6) is -3.39. The van der Waals surface area contributed by atoms with Crippen molar-refractivity contribution in [3.63, 3.8) is 0 Å². The van der Waals surface area contributed by atoms with Gasteiger partial charge in [0.15, 0.2) is 6.10 Å². The number of hydrogen-bond donors (Lipinski definition) is 4. The second-order valence-electron chi connectivity index (χ2n) is 16.8. The lowest BCUT2D eigenvalue weighted by Gasteiger charge is -2.44. The van der Waals surface area contributed by atoms with Gasteiger partial charge in [-0.2, -0.15) is 13.8 Å². The summed E-state index contributed by atoms with van der Waals surface area (Å²) in [5.41, 5.74) is 7.43. The van der Waals surface area contributed by atoms with E-state index in [0.717, 1.165) is 56.4 Å². The van der Waals surface area contributed by atoms with Gasteiger partial charge >= 0.3 is 23.6 Å². The minimum Gasteiger partial charge on any atom is -0.463 e. The van der Waals surface area contributed by atoms with Crippen molar-refractivity contribution >= 4 is 17.8 Å². The fourth-order valence-corrected chi connectivity index (χ4v) is 9.44. The first-order chi connectivity index (χ1) is 26.6. The number of halogens is 2. The molecule has 10 atom stereocenters. The molecule has 0 spiro atoms. The third-order valence-electron chi connectivity index (χ3n) is 12.8. The number of aliphatic hydroxyl groups is 3. The average Bonchev–Trinajstić information content (AvgIpc) is 3.90. The molecule has 1 aromatic heterocycles. The summed E-state index contributed by atoms with van der Waals surface area (Å²) >= 11 is 0. The molecule has 5 aliphatic rings. The fraction of sp³-hybridized carbons (Fsp3) is 0.667. The van der Waals surface area contributed by atoms with Crippen molar-refractivity contribution in [2.45, 2.75) is 140 Å². The molecule has 2 heterocycles. The van der Waals surface area contributed by atoms with Gasteiger partial charge in [-0.3, -0.25) is 14.2 Å². The van der Waals surface area contributed by atoms with Crippen LogP contribution >= 0.6 is 0 Å². The summed E-state index contributed by atoms with van der Waals surface area (Å²) in [6, 6.07) is 1.14. The minimum absolute atomic E-state index is 0.0290. The van der Waals surface area contributed by atoms with E-state index in [-0.39, 0.29) is 43.0 Å². The van der Waals surface area contributed by atoms with E-state index in [0.29, 0.717) is 46.7 Å². The largest absolute Gasteiger partial charge is 0.463 e. The van der Waals surface area contributed by atoms with E-state index in [1.54, 1.807) is 0 Å². The van der Waals surface area contributed by atoms with Crippen molar-refractivity contribution in [2.24, 2.45) is 29.1 Å². The maximum absolute atomic E-state index is 14.7. The molecule has 308 valence electrons. The number of nitrogens with two attached hydrogens (primary N) is 1. The summed E-state index contributed by atoms with van der Waals surface area (Å²) in [6.07, 6.45) is 10.7. The van der Waals surface area contributed by atoms with E-state index < -0.39 is 60.8 Å². The predicted octanol–water partition coefficient (Wildman–Crippen LogP) is 5.48. The van der Waals surface area contributed by atoms with Gasteiger partial charge in [0.25, 0.3) is 0 Å². The first kappa shape index (κ1) is 41.9. The van der Waals surface area contributed by atoms with Gasteiger partial charge in [0, 0.05) is 31.9 Å². The molecule has 4 aliphatic carbocycles. The molecule has 1 saturated heterocycles. The van der Waals surface area contributed by atoms with Crippen LogP contribution in [-0.4, -0.2) is 79.9 Å². The Morgan fingerprint density at radius 1 is 1.14 bits per heavy atom. The second kappa shape index (κ2) is 17.4. The Morgan fingerprint density at radius 3 is 2.59 bits per heavy atom. The van der Waals surface area contributed by atoms with Gasteiger partial charge in [-0.25, -0.2) is 4.79 Å². The average molecular weight is 786 g/mol. The van der Waals surface area contributed by atoms with Crippen molar-refractivity contribution in [2.75, 3.05) is 12.3 Å². The summed E-state index contributed by atoms with van der Waals surface area (Å²) in [4.78, 5) is 40.6. The summed E-state index contributed by atoms with van der Waals surface area (Å²) in [6.45, 7) is 8.18. The van der Waals surface area contributed by atoms with Crippen molar-refractivity contribution in [1.29, 1.82) is 0 Å². The van der Waals surface area contributed by atoms with Crippen LogP contribution in [0.15, 0.2) is 64.7 Å². The van der Waals surface area contributed by atoms with Gasteiger partial charge in [0.1, 0.15) is 24.6 Å². The molecule has 6 rings (SSSR count). The van der Waals surface area contributed by atoms with Crippen molar-refractivity contribution in [1.82, 2.24) is 9.55 Å². The summed E-state index contributed by atoms with van der Waals surface area (Å²) in [7, 11) is 0. The van der Waals surface area contributed by atoms with Crippen LogP contribution in [0.25, 0.3) is 0 Å². The van der Waals surface area contributed by atoms with Crippen LogP contribution in [0.1, 0.15) is 104 Å². The first-order valence-corrected chi connectivity index (χ1v) is 20.1. The lowest BCUT2D eigenvalue weighted by molar-refractivity contribution is -0.152. The number of aromatic nitrogens is 2. The molecule has 56 heavy (non-hydrogen) atoms. The number of aliphatic hydroxyl groups excluding tert-OH is 3. The van der Waals surface area contributed by atoms with E-state index in [1.807, 2.05) is 12.2 Å². The summed E-state index contributed by atoms with van der Waals surface area (Å²) in [5, 5.41) is 31.3. The number of alkyl halides is 2. The van der Waals surface area contributed by atoms with Gasteiger partial charge < -0.3 is 35.3 Å². The van der Waals surface area contributed by atoms with Gasteiger partial charge in [-0.1, -0.05) is 50.3 Å². The van der Waals surface area contributed by atoms with Crippen LogP contribution in [0.5, 0.6) is 0 Å². The number of carbonyl (C=O) groups is 2. The standard InChI is InChI=1S/C42H57F2N3O9/c1-24(10-17-32(48)27-12-13-27)30-15-16-31-26(7-6-19-41(30,31)3)11-14-28-21-29(22-33(49)25(28)2)55-37(51)9-5-4-8-36(50)54-23-34-38(52)42(43,44)39(56-34)47-20-18-35(45)46-40(47)53/h10-11,14,17-18,20,24,27,29-34,38-39,48-49,52H,2,4-9,12-13,15-16,19,21-23H2,1,3H3,(H2,45,46,53)/b17-10+,26-11+,28-14-/t24-,29?,30?,31?,32?,33-,34?,38?,39?,41+/m0/s1. The number of rotatable bonds is 14. The zero-order chi connectivity index (χ0) is 40.4. The summed E-state index contributed by atoms with van der Waals surface area (Å²) < 4.78 is 46.0. The second-order valence-corrected chi connectivity index (χ2v) is 16.8. The topological polar surface area (TPSA) is 183 Å². The van der Waals surface area contributed by atoms with Crippen LogP contribution in [0.2, 0.25) is 0 Å². The number of nitrogens with zero attached hydrogens (tertiary/aromatic N) is 2. The smallest absolute Gasteiger partial charge is 0.351 e. The molecule has 14 heteroatoms. The first-order valence-electron chi connectivity index (χ1n) is 20.1. The van der Waals surface area contributed by atoms with Crippen molar-refractivity contribution < 1.29 is 47.9 Å². The van der Waals surface area contributed by atoms with E-state index >= 15 is 0 Å². The van der Waals surface area contributed by atoms with Crippen LogP contribution in [0.3, 0.4) is 0 Å². The third kappa shape index (κ3) is 9.35. The van der Waals surface area contributed by atoms with E-state index in [9.17, 15) is 38.5 Å². The van der Waals surface area contributed by atoms with Crippen molar-refractivity contribution in [3.8, 4) is 0 Å². The number of hydrogen-bond acceptors (Lipinski definition) is 11. The molecule has 1 aliphatic heterocycles. The number of nitrogen functional groups attached to an aromatic ring is 1. The number of unbranched alkanes of at least 4 members (excludes halogenated alkanes) is 1. The molecule has 0 bridgehead atoms. The highest BCUT2D eigenvalue weighted by atomic mass is 19.3. The molecule has 12 nitrogen and oxygen atoms in total. The molecule has 1 aromatic rings. The molecular weight excluding hydrogens is 728 g/mol. The van der Waals surface area contributed by atoms with Crippen molar-refractivity contribution in [3.05, 3.63) is 70.3 Å². The number of allylic oxidation sites excluding steroid dienone is 4. The number of fused-ring (bicyclic) bond motifs is 1. The van der Waals surface area contributed by atoms with E-state index in [2.05, 4.69) is 37.6 Å². The number of esters is 2. The number of anilines is 1. The predicted molar refractivity (Wildman–Crippen MR) is 203 cm³/mol. The molecule has 0 amide bonds. The third-order valence-corrected chi connectivity index (χ3v) is 12.8. The fourth-order valence-electron chi connectivity index (χ4n) is 9.44. The highest BCUT2D eigenvalue weighted by Crippen LogP contribution is 2.59. The number of ether oxygens (including phenoxy) is 3. The molecular formula is C42H57F2N3O9. The molecule has 5 fully saturated rings. The van der Waals surface area contributed by atoms with Gasteiger partial charge in [0.2, 0.25) is 6.23 Å². The Kier molecular flexibility index (Phi) is 13.0. The van der Waals surface area contributed by atoms with Crippen LogP contribution in [0.4, 0.5) is 14.6 Å². The zero-order valence-electron chi connectivity index (χ0n) is 32.4. The van der Waals surface area contributed by atoms with Gasteiger partial charge in [0.05, 0.1) is 12.2 Å². The van der Waals surface area contributed by atoms with Crippen LogP contribution in [0, 0.1) is 29.1 Å². The molecule has 4 saturated carbocycles. The molecule has 0 radical (unpaired) electrons. The highest BCUT2D eigenvalue weighted by Gasteiger charge is 2.60. The quantitative estimate of drug-likeness (QED) is 0.107. The SMILES string of the molecule is C=C1/C(=C\C=C2/CCC[C@@]3(C)C2CCC3[C@@H](C)/C=C/C(O)C2CC2)CC(OC(=O)CCCCC(=O)OCC2OC(n3ccc(N)nc3=O)C(F)(F)C2O)C[C@@H]1O. The molecule has 0 aromatic carbocycles. The zero-order valence-corrected chi connectivity index (χ0v) is 32.4. The monoisotopic (exact) mass is 785 g/mol. The maximum Gasteiger partial charge on any atom is 0.351 e. The Labute approximate surface area is 326 Å². The van der Waals surface area contributed by atoms with Gasteiger partial charge in [-0.05, 0) is 104 Å². The van der Waals surface area contributed by atoms with Crippen LogP contribution in [-0.2, 0) is 23.8 Å². The molecule has 7 unspecified atom stereocenters. The maximum atomic E-state index is 14.7. The number of carbonyl (C=O) groups excluding carboxylic acids is 2. The Morgan fingerprint density at radius 2 is 1.88 bits per heavy atom. The Hall–Kier alpha value is -3.72.